The van der Waals surface area contributed by atoms with Crippen molar-refractivity contribution in [1.82, 2.24) is 0 Å². The van der Waals surface area contributed by atoms with Gasteiger partial charge in [-0.2, -0.15) is 0 Å². The Balaban J connectivity index is 2.76. The van der Waals surface area contributed by atoms with Crippen molar-refractivity contribution < 1.29 is 14.6 Å². The van der Waals surface area contributed by atoms with Crippen LogP contribution in [0, 0.1) is 0 Å². The molecular weight excluding hydrogens is 224 g/mol. The molecule has 2 atom stereocenters. The predicted octanol–water partition coefficient (Wildman–Crippen LogP) is 1.13. The van der Waals surface area contributed by atoms with E-state index in [1.807, 2.05) is 0 Å². The lowest BCUT2D eigenvalue weighted by molar-refractivity contribution is -0.184. The molecule has 0 radical (unpaired) electrons. The van der Waals surface area contributed by atoms with Gasteiger partial charge in [0.15, 0.2) is 0 Å². The second-order valence-electron chi connectivity index (χ2n) is 2.49. The van der Waals surface area contributed by atoms with Crippen LogP contribution in [0.5, 0.6) is 0 Å². The van der Waals surface area contributed by atoms with Crippen LogP contribution in [0.15, 0.2) is 24.3 Å². The maximum atomic E-state index is 10.6. The van der Waals surface area contributed by atoms with Crippen molar-refractivity contribution in [2.45, 2.75) is 17.5 Å². The lowest BCUT2D eigenvalue weighted by Crippen LogP contribution is -2.41. The standard InChI is InChI=1S/C8H9BrO3/c1-6(10)12-8(11)5-3-2-4-7(8)9/h2-5,7,11H,1H3/t7-,8-/m1/s1. The maximum absolute atomic E-state index is 10.6. The molecule has 0 amide bonds. The van der Waals surface area contributed by atoms with E-state index < -0.39 is 11.8 Å². The van der Waals surface area contributed by atoms with Crippen molar-refractivity contribution in [1.29, 1.82) is 0 Å². The smallest absolute Gasteiger partial charge is 0.305 e. The van der Waals surface area contributed by atoms with Crippen LogP contribution in [0.2, 0.25) is 0 Å². The zero-order chi connectivity index (χ0) is 9.19. The van der Waals surface area contributed by atoms with Crippen LogP contribution in [-0.4, -0.2) is 21.7 Å². The molecule has 66 valence electrons. The molecule has 12 heavy (non-hydrogen) atoms. The molecule has 0 aromatic heterocycles. The van der Waals surface area contributed by atoms with Gasteiger partial charge in [0.2, 0.25) is 5.79 Å². The van der Waals surface area contributed by atoms with Crippen molar-refractivity contribution in [2.75, 3.05) is 0 Å². The predicted molar refractivity (Wildman–Crippen MR) is 47.7 cm³/mol. The molecule has 0 spiro atoms. The SMILES string of the molecule is CC(=O)O[C@]1(O)C=CC=C[C@H]1Br. The van der Waals surface area contributed by atoms with E-state index in [9.17, 15) is 9.90 Å². The Bertz CT molecular complexity index is 247. The second-order valence-corrected chi connectivity index (χ2v) is 3.48. The Morgan fingerprint density at radius 2 is 2.33 bits per heavy atom. The number of rotatable bonds is 1. The fourth-order valence-corrected chi connectivity index (χ4v) is 1.33. The van der Waals surface area contributed by atoms with E-state index in [2.05, 4.69) is 15.9 Å². The zero-order valence-corrected chi connectivity index (χ0v) is 8.11. The monoisotopic (exact) mass is 232 g/mol. The summed E-state index contributed by atoms with van der Waals surface area (Å²) in [7, 11) is 0. The third-order valence-electron chi connectivity index (χ3n) is 1.43. The Labute approximate surface area is 78.8 Å². The van der Waals surface area contributed by atoms with Crippen LogP contribution in [0.4, 0.5) is 0 Å². The first-order valence-electron chi connectivity index (χ1n) is 3.46. The topological polar surface area (TPSA) is 46.5 Å². The molecule has 1 N–H and O–H groups in total. The molecule has 0 bridgehead atoms. The number of ether oxygens (including phenoxy) is 1. The third-order valence-corrected chi connectivity index (χ3v) is 2.39. The van der Waals surface area contributed by atoms with Crippen molar-refractivity contribution in [3.8, 4) is 0 Å². The molecule has 0 fully saturated rings. The lowest BCUT2D eigenvalue weighted by Gasteiger charge is -2.28. The first kappa shape index (κ1) is 9.48. The molecule has 4 heteroatoms. The maximum Gasteiger partial charge on any atom is 0.305 e. The highest BCUT2D eigenvalue weighted by Gasteiger charge is 2.35. The van der Waals surface area contributed by atoms with Crippen molar-refractivity contribution >= 4 is 21.9 Å². The number of halogens is 1. The van der Waals surface area contributed by atoms with E-state index >= 15 is 0 Å². The Morgan fingerprint density at radius 3 is 2.83 bits per heavy atom. The minimum absolute atomic E-state index is 0.390. The van der Waals surface area contributed by atoms with E-state index in [0.29, 0.717) is 0 Å². The number of esters is 1. The van der Waals surface area contributed by atoms with Gasteiger partial charge < -0.3 is 9.84 Å². The summed E-state index contributed by atoms with van der Waals surface area (Å²) in [5.41, 5.74) is 0. The fraction of sp³-hybridized carbons (Fsp3) is 0.375. The van der Waals surface area contributed by atoms with Gasteiger partial charge in [-0.15, -0.1) is 0 Å². The zero-order valence-electron chi connectivity index (χ0n) is 6.53. The molecule has 0 aliphatic heterocycles. The molecule has 0 unspecified atom stereocenters. The van der Waals surface area contributed by atoms with E-state index in [-0.39, 0.29) is 4.83 Å². The molecule has 0 aromatic carbocycles. The van der Waals surface area contributed by atoms with Crippen molar-refractivity contribution in [2.24, 2.45) is 0 Å². The van der Waals surface area contributed by atoms with Gasteiger partial charge in [0.1, 0.15) is 4.83 Å². The van der Waals surface area contributed by atoms with Gasteiger partial charge in [-0.1, -0.05) is 34.2 Å². The first-order chi connectivity index (χ1) is 5.54. The van der Waals surface area contributed by atoms with Crippen LogP contribution >= 0.6 is 15.9 Å². The molecule has 0 aromatic rings. The Kier molecular flexibility index (Phi) is 2.69. The summed E-state index contributed by atoms with van der Waals surface area (Å²) in [5.74, 6) is -2.05. The molecule has 1 rings (SSSR count). The number of carbonyl (C=O) groups is 1. The van der Waals surface area contributed by atoms with Crippen LogP contribution in [0.1, 0.15) is 6.92 Å². The summed E-state index contributed by atoms with van der Waals surface area (Å²) in [5, 5.41) is 9.68. The summed E-state index contributed by atoms with van der Waals surface area (Å²) in [4.78, 5) is 10.2. The normalized spacial score (nSPS) is 33.4. The number of allylic oxidation sites excluding steroid dienone is 2. The van der Waals surface area contributed by atoms with E-state index in [1.165, 1.54) is 13.0 Å². The summed E-state index contributed by atoms with van der Waals surface area (Å²) in [6, 6.07) is 0. The molecule has 0 saturated heterocycles. The van der Waals surface area contributed by atoms with E-state index in [4.69, 9.17) is 4.74 Å². The average molecular weight is 233 g/mol. The van der Waals surface area contributed by atoms with Crippen molar-refractivity contribution in [3.05, 3.63) is 24.3 Å². The van der Waals surface area contributed by atoms with Crippen LogP contribution < -0.4 is 0 Å². The molecule has 0 saturated carbocycles. The highest BCUT2D eigenvalue weighted by atomic mass is 79.9. The largest absolute Gasteiger partial charge is 0.428 e. The van der Waals surface area contributed by atoms with Gasteiger partial charge in [0, 0.05) is 6.92 Å². The fourth-order valence-electron chi connectivity index (χ4n) is 0.905. The van der Waals surface area contributed by atoms with Crippen molar-refractivity contribution in [3.63, 3.8) is 0 Å². The number of aliphatic hydroxyl groups is 1. The molecular formula is C8H9BrO3. The van der Waals surface area contributed by atoms with Gasteiger partial charge in [-0.05, 0) is 6.08 Å². The summed E-state index contributed by atoms with van der Waals surface area (Å²) >= 11 is 3.17. The number of alkyl halides is 1. The summed E-state index contributed by atoms with van der Waals surface area (Å²) < 4.78 is 4.72. The van der Waals surface area contributed by atoms with Gasteiger partial charge in [0.05, 0.1) is 0 Å². The molecule has 1 aliphatic rings. The molecule has 0 heterocycles. The summed E-state index contributed by atoms with van der Waals surface area (Å²) in [6.45, 7) is 1.25. The van der Waals surface area contributed by atoms with Gasteiger partial charge >= 0.3 is 5.97 Å². The highest BCUT2D eigenvalue weighted by Crippen LogP contribution is 2.25. The highest BCUT2D eigenvalue weighted by molar-refractivity contribution is 9.09. The van der Waals surface area contributed by atoms with E-state index in [0.717, 1.165) is 0 Å². The average Bonchev–Trinajstić information content (AvgIpc) is 1.94. The minimum Gasteiger partial charge on any atom is -0.428 e. The van der Waals surface area contributed by atoms with Crippen LogP contribution in [0.3, 0.4) is 0 Å². The van der Waals surface area contributed by atoms with Gasteiger partial charge in [-0.3, -0.25) is 4.79 Å². The second kappa shape index (κ2) is 3.41. The molecule has 1 aliphatic carbocycles. The van der Waals surface area contributed by atoms with Gasteiger partial charge in [-0.25, -0.2) is 0 Å². The molecule has 3 nitrogen and oxygen atoms in total. The quantitative estimate of drug-likeness (QED) is 0.419. The number of carbonyl (C=O) groups excluding carboxylic acids is 1. The lowest BCUT2D eigenvalue weighted by atomic mass is 10.1. The first-order valence-corrected chi connectivity index (χ1v) is 4.38. The van der Waals surface area contributed by atoms with Crippen LogP contribution in [-0.2, 0) is 9.53 Å². The van der Waals surface area contributed by atoms with Crippen LogP contribution in [0.25, 0.3) is 0 Å². The Morgan fingerprint density at radius 1 is 1.67 bits per heavy atom. The minimum atomic E-state index is -1.54. The third kappa shape index (κ3) is 1.95. The summed E-state index contributed by atoms with van der Waals surface area (Å²) in [6.07, 6.45) is 6.51. The van der Waals surface area contributed by atoms with Gasteiger partial charge in [0.25, 0.3) is 0 Å². The Hall–Kier alpha value is -0.610. The number of hydrogen-bond acceptors (Lipinski definition) is 3. The number of hydrogen-bond donors (Lipinski definition) is 1. The van der Waals surface area contributed by atoms with E-state index in [1.54, 1.807) is 18.2 Å².